The quantitative estimate of drug-likeness (QED) is 0.420. The van der Waals surface area contributed by atoms with Crippen LogP contribution in [0.25, 0.3) is 10.1 Å². The first kappa shape index (κ1) is 18.7. The molecule has 1 amide bonds. The Hall–Kier alpha value is -2.66. The molecule has 1 aliphatic rings. The Morgan fingerprint density at radius 2 is 1.86 bits per heavy atom. The molecule has 0 spiro atoms. The molecule has 144 valence electrons. The number of unbranched alkanes of at least 4 members (excludes halogenated alkanes) is 1. The first-order valence-electron chi connectivity index (χ1n) is 9.73. The van der Waals surface area contributed by atoms with Crippen LogP contribution in [0, 0.1) is 5.92 Å². The van der Waals surface area contributed by atoms with Gasteiger partial charge in [-0.1, -0.05) is 61.9 Å². The summed E-state index contributed by atoms with van der Waals surface area (Å²) in [6.45, 7) is 2.45. The van der Waals surface area contributed by atoms with Crippen molar-refractivity contribution in [2.75, 3.05) is 11.9 Å². The van der Waals surface area contributed by atoms with Gasteiger partial charge < -0.3 is 10.1 Å². The third-order valence-corrected chi connectivity index (χ3v) is 6.21. The van der Waals surface area contributed by atoms with Gasteiger partial charge >= 0.3 is 5.97 Å². The van der Waals surface area contributed by atoms with E-state index in [4.69, 9.17) is 4.74 Å². The van der Waals surface area contributed by atoms with Crippen LogP contribution in [0.2, 0.25) is 0 Å². The molecule has 5 heteroatoms. The van der Waals surface area contributed by atoms with E-state index in [2.05, 4.69) is 24.4 Å². The minimum absolute atomic E-state index is 0.0250. The molecule has 1 fully saturated rings. The van der Waals surface area contributed by atoms with Crippen LogP contribution in [-0.4, -0.2) is 18.5 Å². The molecule has 0 aliphatic heterocycles. The number of esters is 1. The largest absolute Gasteiger partial charge is 0.462 e. The van der Waals surface area contributed by atoms with Crippen molar-refractivity contribution in [2.24, 2.45) is 5.92 Å². The minimum Gasteiger partial charge on any atom is -0.462 e. The Balaban J connectivity index is 1.54. The molecule has 3 aromatic rings. The lowest BCUT2D eigenvalue weighted by Crippen LogP contribution is -2.16. The van der Waals surface area contributed by atoms with Gasteiger partial charge in [-0.05, 0) is 30.4 Å². The SMILES string of the molecule is CCCCOC(=O)c1c(NC(=O)C2CC2c2ccccc2)sc2ccccc12. The van der Waals surface area contributed by atoms with Gasteiger partial charge in [-0.15, -0.1) is 11.3 Å². The van der Waals surface area contributed by atoms with Crippen LogP contribution in [0.15, 0.2) is 54.6 Å². The lowest BCUT2D eigenvalue weighted by Gasteiger charge is -2.08. The first-order valence-corrected chi connectivity index (χ1v) is 10.5. The molecule has 2 unspecified atom stereocenters. The van der Waals surface area contributed by atoms with Gasteiger partial charge in [-0.2, -0.15) is 0 Å². The molecule has 4 rings (SSSR count). The zero-order chi connectivity index (χ0) is 19.5. The summed E-state index contributed by atoms with van der Waals surface area (Å²) in [5, 5.41) is 4.43. The monoisotopic (exact) mass is 393 g/mol. The molecule has 1 aliphatic carbocycles. The summed E-state index contributed by atoms with van der Waals surface area (Å²) < 4.78 is 6.41. The molecule has 1 N–H and O–H groups in total. The Labute approximate surface area is 168 Å². The maximum Gasteiger partial charge on any atom is 0.341 e. The minimum atomic E-state index is -0.364. The predicted octanol–water partition coefficient (Wildman–Crippen LogP) is 5.60. The normalized spacial score (nSPS) is 18.0. The molecule has 0 radical (unpaired) electrons. The molecule has 0 bridgehead atoms. The number of hydrogen-bond acceptors (Lipinski definition) is 4. The smallest absolute Gasteiger partial charge is 0.341 e. The average Bonchev–Trinajstić information content (AvgIpc) is 3.44. The highest BCUT2D eigenvalue weighted by molar-refractivity contribution is 7.23. The standard InChI is InChI=1S/C23H23NO3S/c1-2-3-13-27-23(26)20-16-11-7-8-12-19(16)28-22(20)24-21(25)18-14-17(18)15-9-5-4-6-10-15/h4-12,17-18H,2-3,13-14H2,1H3,(H,24,25). The summed E-state index contributed by atoms with van der Waals surface area (Å²) in [6.07, 6.45) is 2.64. The van der Waals surface area contributed by atoms with E-state index < -0.39 is 0 Å². The summed E-state index contributed by atoms with van der Waals surface area (Å²) in [5.74, 6) is -0.174. The Morgan fingerprint density at radius 3 is 2.64 bits per heavy atom. The van der Waals surface area contributed by atoms with Gasteiger partial charge in [0, 0.05) is 16.0 Å². The van der Waals surface area contributed by atoms with Crippen molar-refractivity contribution in [1.29, 1.82) is 0 Å². The number of ether oxygens (including phenoxy) is 1. The molecule has 4 nitrogen and oxygen atoms in total. The molecular formula is C23H23NO3S. The molecule has 2 atom stereocenters. The third kappa shape index (κ3) is 3.80. The van der Waals surface area contributed by atoms with Crippen LogP contribution in [0.3, 0.4) is 0 Å². The van der Waals surface area contributed by atoms with E-state index >= 15 is 0 Å². The Morgan fingerprint density at radius 1 is 1.11 bits per heavy atom. The van der Waals surface area contributed by atoms with Gasteiger partial charge in [0.05, 0.1) is 6.61 Å². The maximum atomic E-state index is 12.8. The Bertz CT molecular complexity index is 996. The molecule has 1 aromatic heterocycles. The Kier molecular flexibility index (Phi) is 5.44. The summed E-state index contributed by atoms with van der Waals surface area (Å²) >= 11 is 1.43. The summed E-state index contributed by atoms with van der Waals surface area (Å²) in [5.41, 5.74) is 1.67. The molecule has 28 heavy (non-hydrogen) atoms. The summed E-state index contributed by atoms with van der Waals surface area (Å²) in [4.78, 5) is 25.5. The second-order valence-electron chi connectivity index (χ2n) is 7.14. The predicted molar refractivity (Wildman–Crippen MR) is 113 cm³/mol. The second kappa shape index (κ2) is 8.15. The highest BCUT2D eigenvalue weighted by atomic mass is 32.1. The number of benzene rings is 2. The molecule has 1 saturated carbocycles. The maximum absolute atomic E-state index is 12.8. The zero-order valence-electron chi connectivity index (χ0n) is 15.8. The molecule has 2 aromatic carbocycles. The number of rotatable bonds is 7. The van der Waals surface area contributed by atoms with Crippen molar-refractivity contribution in [3.63, 3.8) is 0 Å². The van der Waals surface area contributed by atoms with Crippen LogP contribution in [-0.2, 0) is 9.53 Å². The number of anilines is 1. The summed E-state index contributed by atoms with van der Waals surface area (Å²) in [6, 6.07) is 17.8. The number of carbonyl (C=O) groups excluding carboxylic acids is 2. The number of nitrogens with one attached hydrogen (secondary N) is 1. The van der Waals surface area contributed by atoms with Crippen LogP contribution in [0.1, 0.15) is 48.0 Å². The van der Waals surface area contributed by atoms with E-state index in [1.807, 2.05) is 42.5 Å². The number of hydrogen-bond donors (Lipinski definition) is 1. The van der Waals surface area contributed by atoms with Crippen molar-refractivity contribution in [1.82, 2.24) is 0 Å². The lowest BCUT2D eigenvalue weighted by atomic mass is 10.1. The van der Waals surface area contributed by atoms with Gasteiger partial charge in [0.2, 0.25) is 5.91 Å². The zero-order valence-corrected chi connectivity index (χ0v) is 16.6. The molecule has 1 heterocycles. The van der Waals surface area contributed by atoms with Crippen LogP contribution in [0.5, 0.6) is 0 Å². The molecule has 0 saturated heterocycles. The highest BCUT2D eigenvalue weighted by Gasteiger charge is 2.44. The summed E-state index contributed by atoms with van der Waals surface area (Å²) in [7, 11) is 0. The molecular weight excluding hydrogens is 370 g/mol. The van der Waals surface area contributed by atoms with Crippen molar-refractivity contribution in [2.45, 2.75) is 32.1 Å². The van der Waals surface area contributed by atoms with E-state index in [9.17, 15) is 9.59 Å². The van der Waals surface area contributed by atoms with Crippen molar-refractivity contribution < 1.29 is 14.3 Å². The van der Waals surface area contributed by atoms with Crippen LogP contribution >= 0.6 is 11.3 Å². The van der Waals surface area contributed by atoms with Crippen molar-refractivity contribution in [3.8, 4) is 0 Å². The van der Waals surface area contributed by atoms with Crippen LogP contribution < -0.4 is 5.32 Å². The van der Waals surface area contributed by atoms with Crippen LogP contribution in [0.4, 0.5) is 5.00 Å². The average molecular weight is 394 g/mol. The number of carbonyl (C=O) groups is 2. The lowest BCUT2D eigenvalue weighted by molar-refractivity contribution is -0.117. The number of fused-ring (bicyclic) bond motifs is 1. The highest BCUT2D eigenvalue weighted by Crippen LogP contribution is 2.48. The fourth-order valence-corrected chi connectivity index (χ4v) is 4.57. The van der Waals surface area contributed by atoms with E-state index in [0.717, 1.165) is 29.3 Å². The van der Waals surface area contributed by atoms with Crippen molar-refractivity contribution in [3.05, 3.63) is 65.7 Å². The van der Waals surface area contributed by atoms with Gasteiger partial charge in [-0.25, -0.2) is 4.79 Å². The van der Waals surface area contributed by atoms with Gasteiger partial charge in [-0.3, -0.25) is 4.79 Å². The number of amides is 1. The van der Waals surface area contributed by atoms with Gasteiger partial charge in [0.25, 0.3) is 0 Å². The van der Waals surface area contributed by atoms with Gasteiger partial charge in [0.1, 0.15) is 10.6 Å². The van der Waals surface area contributed by atoms with E-state index in [0.29, 0.717) is 17.2 Å². The van der Waals surface area contributed by atoms with E-state index in [-0.39, 0.29) is 23.7 Å². The third-order valence-electron chi connectivity index (χ3n) is 5.12. The first-order chi connectivity index (χ1) is 13.7. The van der Waals surface area contributed by atoms with Gasteiger partial charge in [0.15, 0.2) is 0 Å². The van der Waals surface area contributed by atoms with Crippen molar-refractivity contribution >= 4 is 38.3 Å². The van der Waals surface area contributed by atoms with E-state index in [1.165, 1.54) is 16.9 Å². The topological polar surface area (TPSA) is 55.4 Å². The number of thiophene rings is 1. The fraction of sp³-hybridized carbons (Fsp3) is 0.304. The van der Waals surface area contributed by atoms with E-state index in [1.54, 1.807) is 0 Å². The second-order valence-corrected chi connectivity index (χ2v) is 8.19. The fourth-order valence-electron chi connectivity index (χ4n) is 3.48.